The first-order chi connectivity index (χ1) is 33.6. The predicted octanol–water partition coefficient (Wildman–Crippen LogP) is 17.0. The summed E-state index contributed by atoms with van der Waals surface area (Å²) in [5, 5.41) is 29.0. The molecule has 0 bridgehead atoms. The zero-order valence-electron chi connectivity index (χ0n) is 38.7. The SMILES string of the molecule is CCCCC=C1SCCCS1.CCCCCC1(F)Oc2ccc3ccccc3c2-c2c(ccc3ccccc23)O1.O=S(=O)(O)C(F)(F)F.Oc1ccc2ccccc2c1-c1c(O)ccc2ccccc12. The highest BCUT2D eigenvalue weighted by Gasteiger charge is 2.44. The largest absolute Gasteiger partial charge is 0.522 e. The Morgan fingerprint density at radius 1 is 0.571 bits per heavy atom. The number of rotatable bonds is 8. The lowest BCUT2D eigenvalue weighted by molar-refractivity contribution is -0.219. The van der Waals surface area contributed by atoms with Crippen LogP contribution < -0.4 is 9.47 Å². The number of fused-ring (bicyclic) bond motifs is 9. The number of unbranched alkanes of at least 4 members (excludes halogenated alkanes) is 4. The number of aromatic hydroxyl groups is 2. The van der Waals surface area contributed by atoms with Crippen molar-refractivity contribution >= 4 is 76.7 Å². The Morgan fingerprint density at radius 3 is 1.33 bits per heavy atom. The molecule has 10 rings (SSSR count). The fourth-order valence-corrected chi connectivity index (χ4v) is 10.7. The van der Waals surface area contributed by atoms with E-state index in [0.717, 1.165) is 67.1 Å². The Bertz CT molecular complexity index is 3050. The van der Waals surface area contributed by atoms with Gasteiger partial charge in [0.15, 0.2) is 0 Å². The van der Waals surface area contributed by atoms with Gasteiger partial charge in [-0.1, -0.05) is 167 Å². The van der Waals surface area contributed by atoms with Crippen LogP contribution in [0.15, 0.2) is 156 Å². The molecule has 366 valence electrons. The molecule has 0 amide bonds. The van der Waals surface area contributed by atoms with Gasteiger partial charge >= 0.3 is 21.7 Å². The van der Waals surface area contributed by atoms with Crippen LogP contribution in [0.4, 0.5) is 17.6 Å². The van der Waals surface area contributed by atoms with Gasteiger partial charge in [-0.15, -0.1) is 23.5 Å². The molecule has 70 heavy (non-hydrogen) atoms. The van der Waals surface area contributed by atoms with E-state index in [-0.39, 0.29) is 17.9 Å². The molecule has 14 heteroatoms. The molecular weight excluding hydrogens is 957 g/mol. The number of benzene rings is 8. The van der Waals surface area contributed by atoms with Gasteiger partial charge in [0.25, 0.3) is 0 Å². The number of hydrogen-bond acceptors (Lipinski definition) is 8. The number of hydrogen-bond donors (Lipinski definition) is 3. The molecule has 8 aromatic carbocycles. The Labute approximate surface area is 414 Å². The monoisotopic (exact) mass is 1010 g/mol. The van der Waals surface area contributed by atoms with Gasteiger partial charge < -0.3 is 19.7 Å². The van der Waals surface area contributed by atoms with E-state index < -0.39 is 21.7 Å². The van der Waals surface area contributed by atoms with Crippen molar-refractivity contribution in [3.8, 4) is 45.3 Å². The average Bonchev–Trinajstić information content (AvgIpc) is 3.48. The lowest BCUT2D eigenvalue weighted by Crippen LogP contribution is -2.37. The number of allylic oxidation sites excluding steroid dienone is 1. The molecule has 3 N–H and O–H groups in total. The van der Waals surface area contributed by atoms with Crippen LogP contribution in [0.25, 0.3) is 65.3 Å². The molecule has 8 aromatic rings. The fourth-order valence-electron chi connectivity index (χ4n) is 8.26. The first kappa shape index (κ1) is 51.9. The summed E-state index contributed by atoms with van der Waals surface area (Å²) < 4.78 is 86.9. The summed E-state index contributed by atoms with van der Waals surface area (Å²) >= 11 is 4.08. The van der Waals surface area contributed by atoms with E-state index >= 15 is 4.39 Å². The zero-order valence-corrected chi connectivity index (χ0v) is 41.2. The number of phenolic OH excluding ortho intramolecular Hbond substituents is 2. The third kappa shape index (κ3) is 12.5. The molecule has 2 heterocycles. The highest BCUT2D eigenvalue weighted by Crippen LogP contribution is 2.50. The van der Waals surface area contributed by atoms with Gasteiger partial charge in [0.1, 0.15) is 23.0 Å². The van der Waals surface area contributed by atoms with E-state index in [1.54, 1.807) is 16.4 Å². The van der Waals surface area contributed by atoms with Crippen LogP contribution in [0.3, 0.4) is 0 Å². The van der Waals surface area contributed by atoms with Crippen molar-refractivity contribution < 1.29 is 50.2 Å². The third-order valence-corrected chi connectivity index (χ3v) is 14.8. The van der Waals surface area contributed by atoms with Gasteiger partial charge in [0.05, 0.1) is 6.42 Å². The van der Waals surface area contributed by atoms with Crippen molar-refractivity contribution in [2.24, 2.45) is 0 Å². The highest BCUT2D eigenvalue weighted by molar-refractivity contribution is 8.22. The second kappa shape index (κ2) is 23.3. The maximum absolute atomic E-state index is 15.9. The molecule has 7 nitrogen and oxygen atoms in total. The molecule has 0 atom stereocenters. The van der Waals surface area contributed by atoms with Crippen LogP contribution in [0.1, 0.15) is 65.2 Å². The Morgan fingerprint density at radius 2 is 0.943 bits per heavy atom. The highest BCUT2D eigenvalue weighted by atomic mass is 32.2. The summed E-state index contributed by atoms with van der Waals surface area (Å²) in [5.41, 5.74) is -2.40. The van der Waals surface area contributed by atoms with Crippen molar-refractivity contribution in [2.75, 3.05) is 11.5 Å². The maximum atomic E-state index is 15.9. The van der Waals surface area contributed by atoms with E-state index in [4.69, 9.17) is 22.4 Å². The number of thioether (sulfide) groups is 2. The Balaban J connectivity index is 0.000000154. The van der Waals surface area contributed by atoms with Crippen molar-refractivity contribution in [2.45, 2.75) is 76.8 Å². The van der Waals surface area contributed by atoms with Crippen LogP contribution in [0.2, 0.25) is 0 Å². The summed E-state index contributed by atoms with van der Waals surface area (Å²) in [6, 6.07) is 44.7. The smallest absolute Gasteiger partial charge is 0.507 e. The van der Waals surface area contributed by atoms with Gasteiger partial charge in [-0.25, -0.2) is 0 Å². The van der Waals surface area contributed by atoms with Crippen molar-refractivity contribution in [1.29, 1.82) is 0 Å². The van der Waals surface area contributed by atoms with Gasteiger partial charge in [-0.3, -0.25) is 4.55 Å². The molecule has 2 aliphatic rings. The first-order valence-electron chi connectivity index (χ1n) is 23.1. The van der Waals surface area contributed by atoms with Crippen LogP contribution in [-0.2, 0) is 10.1 Å². The predicted molar refractivity (Wildman–Crippen MR) is 281 cm³/mol. The quantitative estimate of drug-likeness (QED) is 0.0593. The molecule has 0 unspecified atom stereocenters. The number of alkyl halides is 4. The minimum atomic E-state index is -5.84. The second-order valence-electron chi connectivity index (χ2n) is 16.6. The summed E-state index contributed by atoms with van der Waals surface area (Å²) in [6.07, 6.45) is 10.6. The van der Waals surface area contributed by atoms with Crippen LogP contribution in [-0.4, -0.2) is 46.2 Å². The molecule has 0 spiro atoms. The zero-order chi connectivity index (χ0) is 49.9. The van der Waals surface area contributed by atoms with Crippen LogP contribution in [0, 0.1) is 0 Å². The fraction of sp³-hybridized carbons (Fsp3) is 0.250. The molecular formula is C56H54F4O7S3. The van der Waals surface area contributed by atoms with E-state index in [1.807, 2.05) is 133 Å². The summed E-state index contributed by atoms with van der Waals surface area (Å²) in [4.78, 5) is 0. The van der Waals surface area contributed by atoms with Crippen LogP contribution >= 0.6 is 23.5 Å². The molecule has 1 fully saturated rings. The van der Waals surface area contributed by atoms with E-state index in [9.17, 15) is 23.4 Å². The van der Waals surface area contributed by atoms with E-state index in [0.29, 0.717) is 29.0 Å². The Kier molecular flexibility index (Phi) is 17.3. The normalized spacial score (nSPS) is 14.0. The van der Waals surface area contributed by atoms with Gasteiger partial charge in [0.2, 0.25) is 0 Å². The minimum Gasteiger partial charge on any atom is -0.507 e. The number of halogens is 4. The summed E-state index contributed by atoms with van der Waals surface area (Å²) in [5.74, 6) is 4.07. The van der Waals surface area contributed by atoms with Crippen molar-refractivity contribution in [3.63, 3.8) is 0 Å². The topological polar surface area (TPSA) is 113 Å². The number of ether oxygens (including phenoxy) is 2. The molecule has 0 aromatic heterocycles. The lowest BCUT2D eigenvalue weighted by atomic mass is 9.92. The molecule has 0 saturated carbocycles. The molecule has 0 radical (unpaired) electrons. The van der Waals surface area contributed by atoms with Crippen molar-refractivity contribution in [3.05, 3.63) is 156 Å². The Hall–Kier alpha value is -5.93. The van der Waals surface area contributed by atoms with Gasteiger partial charge in [-0.05, 0) is 98.1 Å². The number of phenols is 2. The average molecular weight is 1010 g/mol. The summed E-state index contributed by atoms with van der Waals surface area (Å²) in [7, 11) is -5.84. The standard InChI is InChI=1S/C26H23FO2.C20H14O2.C9H16S2.CHF3O3S/c1-2-3-8-17-26(27)28-22-15-13-18-9-4-6-11-20(18)24(22)25-21-12-7-5-10-19(21)14-16-23(25)29-26;21-17-11-9-13-5-1-3-7-15(13)19(17)20-16-8-4-2-6-14(16)10-12-18(20)22;1-2-3-4-6-9-10-7-5-8-11-9;2-1(3,4)8(5,6)7/h4-7,9-16H,2-3,8,17H2,1H3;1-12,21-22H;6H,2-5,7-8H2,1H3;(H,5,6,7). The van der Waals surface area contributed by atoms with E-state index in [2.05, 4.69) is 44.2 Å². The second-order valence-corrected chi connectivity index (χ2v) is 20.6. The molecule has 2 aliphatic heterocycles. The molecule has 0 aliphatic carbocycles. The van der Waals surface area contributed by atoms with Gasteiger partial charge in [0, 0.05) is 26.5 Å². The first-order valence-corrected chi connectivity index (χ1v) is 26.6. The van der Waals surface area contributed by atoms with Crippen LogP contribution in [0.5, 0.6) is 23.0 Å². The minimum absolute atomic E-state index is 0.172. The molecule has 1 saturated heterocycles. The van der Waals surface area contributed by atoms with Crippen molar-refractivity contribution in [1.82, 2.24) is 0 Å². The maximum Gasteiger partial charge on any atom is 0.522 e. The lowest BCUT2D eigenvalue weighted by Gasteiger charge is -2.25. The van der Waals surface area contributed by atoms with E-state index in [1.165, 1.54) is 37.2 Å². The van der Waals surface area contributed by atoms with Gasteiger partial charge in [-0.2, -0.15) is 26.0 Å². The summed E-state index contributed by atoms with van der Waals surface area (Å²) in [6.45, 7) is 4.35. The third-order valence-electron chi connectivity index (χ3n) is 11.6.